The summed E-state index contributed by atoms with van der Waals surface area (Å²) >= 11 is 0. The van der Waals surface area contributed by atoms with Crippen molar-refractivity contribution in [2.75, 3.05) is 25.6 Å². The van der Waals surface area contributed by atoms with Crippen LogP contribution in [0.15, 0.2) is 40.8 Å². The minimum atomic E-state index is -0.363. The Morgan fingerprint density at radius 1 is 1.06 bits per heavy atom. The average Bonchev–Trinajstić information content (AvgIpc) is 3.32. The van der Waals surface area contributed by atoms with Crippen molar-refractivity contribution < 1.29 is 9.52 Å². The van der Waals surface area contributed by atoms with E-state index >= 15 is 0 Å². The Morgan fingerprint density at radius 2 is 1.81 bits per heavy atom. The third-order valence-corrected chi connectivity index (χ3v) is 5.45. The van der Waals surface area contributed by atoms with Crippen LogP contribution < -0.4 is 4.90 Å². The van der Waals surface area contributed by atoms with Gasteiger partial charge in [0.15, 0.2) is 11.6 Å². The summed E-state index contributed by atoms with van der Waals surface area (Å²) < 4.78 is 7.99. The Kier molecular flexibility index (Phi) is 5.31. The van der Waals surface area contributed by atoms with Crippen molar-refractivity contribution in [2.24, 2.45) is 5.41 Å². The summed E-state index contributed by atoms with van der Waals surface area (Å²) in [5, 5.41) is 15.6. The Labute approximate surface area is 182 Å². The lowest BCUT2D eigenvalue weighted by atomic mass is 9.95. The molecule has 3 aromatic heterocycles. The van der Waals surface area contributed by atoms with Crippen molar-refractivity contribution in [3.63, 3.8) is 0 Å². The molecule has 0 bridgehead atoms. The molecule has 0 saturated carbocycles. The van der Waals surface area contributed by atoms with Crippen LogP contribution in [0, 0.1) is 19.3 Å². The fourth-order valence-corrected chi connectivity index (χ4v) is 3.41. The summed E-state index contributed by atoms with van der Waals surface area (Å²) in [7, 11) is 3.90. The van der Waals surface area contributed by atoms with Gasteiger partial charge in [0.2, 0.25) is 5.82 Å². The van der Waals surface area contributed by atoms with Crippen LogP contribution >= 0.6 is 0 Å². The van der Waals surface area contributed by atoms with Crippen LogP contribution in [0.5, 0.6) is 0 Å². The van der Waals surface area contributed by atoms with Crippen LogP contribution in [0.1, 0.15) is 25.0 Å². The van der Waals surface area contributed by atoms with Gasteiger partial charge in [-0.25, -0.2) is 14.6 Å². The highest BCUT2D eigenvalue weighted by Crippen LogP contribution is 2.31. The molecule has 0 spiro atoms. The van der Waals surface area contributed by atoms with Gasteiger partial charge in [-0.05, 0) is 55.3 Å². The second kappa shape index (κ2) is 7.81. The zero-order valence-corrected chi connectivity index (χ0v) is 19.0. The maximum absolute atomic E-state index is 9.81. The highest BCUT2D eigenvalue weighted by molar-refractivity contribution is 5.83. The standard InChI is InChI=1S/C24H29N5O2/c1-15-10-17-12-20(31-19(17)11-16(15)2)23-26-22(27-29(23)13-24(3,4)14-30)18-8-7-9-21(25-18)28(5)6/h7-12,30H,13-14H2,1-6H3. The molecule has 162 valence electrons. The average molecular weight is 420 g/mol. The highest BCUT2D eigenvalue weighted by Gasteiger charge is 2.24. The number of furan rings is 1. The van der Waals surface area contributed by atoms with Crippen molar-refractivity contribution in [2.45, 2.75) is 34.2 Å². The molecule has 0 aliphatic carbocycles. The Morgan fingerprint density at radius 3 is 2.52 bits per heavy atom. The lowest BCUT2D eigenvalue weighted by Gasteiger charge is -2.21. The Balaban J connectivity index is 1.85. The maximum atomic E-state index is 9.81. The molecule has 4 rings (SSSR count). The van der Waals surface area contributed by atoms with E-state index in [9.17, 15) is 5.11 Å². The third kappa shape index (κ3) is 4.18. The van der Waals surface area contributed by atoms with E-state index in [0.29, 0.717) is 29.6 Å². The van der Waals surface area contributed by atoms with Crippen molar-refractivity contribution >= 4 is 16.8 Å². The monoisotopic (exact) mass is 419 g/mol. The molecule has 1 aromatic carbocycles. The second-order valence-electron chi connectivity index (χ2n) is 9.10. The number of pyridine rings is 1. The van der Waals surface area contributed by atoms with Crippen LogP contribution in [-0.2, 0) is 6.54 Å². The van der Waals surface area contributed by atoms with Gasteiger partial charge in [-0.3, -0.25) is 0 Å². The lowest BCUT2D eigenvalue weighted by Crippen LogP contribution is -2.25. The fraction of sp³-hybridized carbons (Fsp3) is 0.375. The molecule has 0 aliphatic rings. The quantitative estimate of drug-likeness (QED) is 0.497. The number of rotatable bonds is 6. The third-order valence-electron chi connectivity index (χ3n) is 5.45. The molecular formula is C24H29N5O2. The molecule has 7 nitrogen and oxygen atoms in total. The minimum Gasteiger partial charge on any atom is -0.453 e. The van der Waals surface area contributed by atoms with Crippen molar-refractivity contribution in [3.05, 3.63) is 47.5 Å². The Hall–Kier alpha value is -3.19. The minimum absolute atomic E-state index is 0.0362. The summed E-state index contributed by atoms with van der Waals surface area (Å²) in [6, 6.07) is 12.0. The largest absolute Gasteiger partial charge is 0.453 e. The highest BCUT2D eigenvalue weighted by atomic mass is 16.3. The van der Waals surface area contributed by atoms with E-state index in [1.54, 1.807) is 0 Å². The number of anilines is 1. The number of aromatic nitrogens is 4. The second-order valence-corrected chi connectivity index (χ2v) is 9.10. The maximum Gasteiger partial charge on any atom is 0.200 e. The fourth-order valence-electron chi connectivity index (χ4n) is 3.41. The van der Waals surface area contributed by atoms with Crippen LogP contribution in [0.4, 0.5) is 5.82 Å². The molecule has 0 aliphatic heterocycles. The van der Waals surface area contributed by atoms with Crippen LogP contribution in [0.25, 0.3) is 34.1 Å². The smallest absolute Gasteiger partial charge is 0.200 e. The van der Waals surface area contributed by atoms with E-state index in [1.165, 1.54) is 11.1 Å². The molecule has 0 atom stereocenters. The first-order chi connectivity index (χ1) is 14.7. The first kappa shape index (κ1) is 21.1. The zero-order valence-electron chi connectivity index (χ0n) is 19.0. The van der Waals surface area contributed by atoms with Crippen molar-refractivity contribution in [1.29, 1.82) is 0 Å². The van der Waals surface area contributed by atoms with Gasteiger partial charge < -0.3 is 14.4 Å². The molecule has 0 fully saturated rings. The van der Waals surface area contributed by atoms with E-state index in [-0.39, 0.29) is 12.0 Å². The van der Waals surface area contributed by atoms with E-state index < -0.39 is 0 Å². The predicted molar refractivity (Wildman–Crippen MR) is 123 cm³/mol. The normalized spacial score (nSPS) is 12.0. The predicted octanol–water partition coefficient (Wildman–Crippen LogP) is 4.45. The summed E-state index contributed by atoms with van der Waals surface area (Å²) in [4.78, 5) is 11.4. The van der Waals surface area contributed by atoms with Crippen LogP contribution in [0.2, 0.25) is 0 Å². The number of aliphatic hydroxyl groups is 1. The van der Waals surface area contributed by atoms with Gasteiger partial charge in [0.1, 0.15) is 17.1 Å². The van der Waals surface area contributed by atoms with E-state index in [1.807, 2.05) is 61.8 Å². The summed E-state index contributed by atoms with van der Waals surface area (Å²) in [5.74, 6) is 2.64. The summed E-state index contributed by atoms with van der Waals surface area (Å²) in [6.07, 6.45) is 0. The summed E-state index contributed by atoms with van der Waals surface area (Å²) in [5.41, 5.74) is 3.55. The van der Waals surface area contributed by atoms with Gasteiger partial charge >= 0.3 is 0 Å². The van der Waals surface area contributed by atoms with Gasteiger partial charge in [0, 0.05) is 31.5 Å². The number of nitrogens with zero attached hydrogens (tertiary/aromatic N) is 5. The lowest BCUT2D eigenvalue weighted by molar-refractivity contribution is 0.137. The van der Waals surface area contributed by atoms with Crippen molar-refractivity contribution in [1.82, 2.24) is 19.7 Å². The first-order valence-corrected chi connectivity index (χ1v) is 10.4. The van der Waals surface area contributed by atoms with Crippen LogP contribution in [0.3, 0.4) is 0 Å². The number of aliphatic hydroxyl groups excluding tert-OH is 1. The molecule has 4 aromatic rings. The van der Waals surface area contributed by atoms with Crippen LogP contribution in [-0.4, -0.2) is 45.6 Å². The zero-order chi connectivity index (χ0) is 22.3. The van der Waals surface area contributed by atoms with Gasteiger partial charge in [-0.15, -0.1) is 5.10 Å². The molecule has 0 amide bonds. The molecule has 31 heavy (non-hydrogen) atoms. The molecule has 7 heteroatoms. The number of benzene rings is 1. The number of hydrogen-bond acceptors (Lipinski definition) is 6. The topological polar surface area (TPSA) is 80.2 Å². The van der Waals surface area contributed by atoms with Gasteiger partial charge in [-0.2, -0.15) is 0 Å². The molecule has 3 heterocycles. The molecule has 1 N–H and O–H groups in total. The SMILES string of the molecule is Cc1cc2cc(-c3nc(-c4cccc(N(C)C)n4)nn3CC(C)(C)CO)oc2cc1C. The molecule has 0 unspecified atom stereocenters. The van der Waals surface area contributed by atoms with Gasteiger partial charge in [0.25, 0.3) is 0 Å². The van der Waals surface area contributed by atoms with E-state index in [0.717, 1.165) is 16.8 Å². The molecule has 0 saturated heterocycles. The number of hydrogen-bond donors (Lipinski definition) is 1. The van der Waals surface area contributed by atoms with E-state index in [2.05, 4.69) is 31.0 Å². The molecule has 0 radical (unpaired) electrons. The molecular weight excluding hydrogens is 390 g/mol. The number of aryl methyl sites for hydroxylation is 2. The Bertz CT molecular complexity index is 1200. The first-order valence-electron chi connectivity index (χ1n) is 10.4. The van der Waals surface area contributed by atoms with E-state index in [4.69, 9.17) is 14.5 Å². The number of fused-ring (bicyclic) bond motifs is 1. The van der Waals surface area contributed by atoms with Gasteiger partial charge in [-0.1, -0.05) is 19.9 Å². The summed E-state index contributed by atoms with van der Waals surface area (Å²) in [6.45, 7) is 8.69. The van der Waals surface area contributed by atoms with Crippen molar-refractivity contribution in [3.8, 4) is 23.1 Å². The van der Waals surface area contributed by atoms with Gasteiger partial charge in [0.05, 0.1) is 6.54 Å².